The molecule has 1 heterocycles. The van der Waals surface area contributed by atoms with E-state index in [1.165, 1.54) is 0 Å². The number of hydrogen-bond acceptors (Lipinski definition) is 3. The summed E-state index contributed by atoms with van der Waals surface area (Å²) in [7, 11) is 1.62. The molecule has 0 aliphatic carbocycles. The fourth-order valence-corrected chi connectivity index (χ4v) is 2.24. The summed E-state index contributed by atoms with van der Waals surface area (Å²) in [6, 6.07) is 7.69. The summed E-state index contributed by atoms with van der Waals surface area (Å²) in [5.74, 6) is 0.706. The summed E-state index contributed by atoms with van der Waals surface area (Å²) in [5, 5.41) is 10.6. The maximum atomic E-state index is 10.6. The summed E-state index contributed by atoms with van der Waals surface area (Å²) >= 11 is 0. The molecule has 1 aromatic heterocycles. The van der Waals surface area contributed by atoms with Gasteiger partial charge in [0.15, 0.2) is 0 Å². The van der Waals surface area contributed by atoms with Crippen molar-refractivity contribution in [2.24, 2.45) is 0 Å². The molecule has 1 aromatic carbocycles. The number of aromatic nitrogens is 1. The Bertz CT molecular complexity index is 566. The molecule has 0 saturated heterocycles. The Labute approximate surface area is 113 Å². The first-order chi connectivity index (χ1) is 9.17. The second-order valence-electron chi connectivity index (χ2n) is 4.58. The van der Waals surface area contributed by atoms with E-state index in [2.05, 4.69) is 11.9 Å². The SMILES string of the molecule is CCc1cnccc1C(O)c1cc(C)ccc1OC. The summed E-state index contributed by atoms with van der Waals surface area (Å²) in [4.78, 5) is 4.11. The number of ether oxygens (including phenoxy) is 1. The molecule has 0 radical (unpaired) electrons. The van der Waals surface area contributed by atoms with Crippen molar-refractivity contribution in [3.8, 4) is 5.75 Å². The fourth-order valence-electron chi connectivity index (χ4n) is 2.24. The van der Waals surface area contributed by atoms with Gasteiger partial charge in [-0.2, -0.15) is 0 Å². The molecule has 0 fully saturated rings. The van der Waals surface area contributed by atoms with Crippen molar-refractivity contribution in [2.75, 3.05) is 7.11 Å². The molecule has 3 nitrogen and oxygen atoms in total. The Kier molecular flexibility index (Phi) is 4.17. The molecule has 1 atom stereocenters. The molecule has 0 aliphatic heterocycles. The van der Waals surface area contributed by atoms with Gasteiger partial charge in [0, 0.05) is 18.0 Å². The van der Waals surface area contributed by atoms with Gasteiger partial charge in [-0.05, 0) is 42.7 Å². The monoisotopic (exact) mass is 257 g/mol. The van der Waals surface area contributed by atoms with Crippen molar-refractivity contribution in [3.63, 3.8) is 0 Å². The van der Waals surface area contributed by atoms with E-state index in [9.17, 15) is 5.11 Å². The molecule has 100 valence electrons. The van der Waals surface area contributed by atoms with Crippen LogP contribution >= 0.6 is 0 Å². The molecule has 2 aromatic rings. The number of hydrogen-bond donors (Lipinski definition) is 1. The minimum atomic E-state index is -0.687. The number of methoxy groups -OCH3 is 1. The fraction of sp³-hybridized carbons (Fsp3) is 0.312. The number of benzene rings is 1. The molecule has 1 unspecified atom stereocenters. The van der Waals surface area contributed by atoms with Crippen molar-refractivity contribution in [1.82, 2.24) is 4.98 Å². The van der Waals surface area contributed by atoms with Crippen LogP contribution < -0.4 is 4.74 Å². The van der Waals surface area contributed by atoms with Gasteiger partial charge in [-0.1, -0.05) is 18.6 Å². The number of pyridine rings is 1. The molecule has 0 aliphatic rings. The van der Waals surface area contributed by atoms with Gasteiger partial charge in [-0.25, -0.2) is 0 Å². The molecule has 2 rings (SSSR count). The van der Waals surface area contributed by atoms with E-state index < -0.39 is 6.10 Å². The quantitative estimate of drug-likeness (QED) is 0.915. The first kappa shape index (κ1) is 13.6. The second kappa shape index (κ2) is 5.85. The lowest BCUT2D eigenvalue weighted by Crippen LogP contribution is -2.06. The van der Waals surface area contributed by atoms with Crippen LogP contribution in [0.5, 0.6) is 5.75 Å². The molecule has 1 N–H and O–H groups in total. The molecule has 0 saturated carbocycles. The summed E-state index contributed by atoms with van der Waals surface area (Å²) in [5.41, 5.74) is 3.84. The zero-order valence-electron chi connectivity index (χ0n) is 11.6. The maximum Gasteiger partial charge on any atom is 0.125 e. The Morgan fingerprint density at radius 2 is 2.05 bits per heavy atom. The molecule has 0 spiro atoms. The molecular weight excluding hydrogens is 238 g/mol. The Morgan fingerprint density at radius 3 is 2.74 bits per heavy atom. The highest BCUT2D eigenvalue weighted by Crippen LogP contribution is 2.32. The van der Waals surface area contributed by atoms with Crippen molar-refractivity contribution in [1.29, 1.82) is 0 Å². The van der Waals surface area contributed by atoms with Crippen LogP contribution in [-0.4, -0.2) is 17.2 Å². The number of aliphatic hydroxyl groups excluding tert-OH is 1. The van der Waals surface area contributed by atoms with E-state index in [0.29, 0.717) is 5.75 Å². The van der Waals surface area contributed by atoms with Crippen LogP contribution in [0.15, 0.2) is 36.7 Å². The third-order valence-electron chi connectivity index (χ3n) is 3.30. The molecular formula is C16H19NO2. The van der Waals surface area contributed by atoms with Crippen molar-refractivity contribution in [3.05, 3.63) is 58.9 Å². The largest absolute Gasteiger partial charge is 0.496 e. The molecule has 0 bridgehead atoms. The Hall–Kier alpha value is -1.87. The maximum absolute atomic E-state index is 10.6. The second-order valence-corrected chi connectivity index (χ2v) is 4.58. The Balaban J connectivity index is 2.49. The average Bonchev–Trinajstić information content (AvgIpc) is 2.46. The predicted molar refractivity (Wildman–Crippen MR) is 75.4 cm³/mol. The first-order valence-electron chi connectivity index (χ1n) is 6.42. The lowest BCUT2D eigenvalue weighted by Gasteiger charge is -2.18. The summed E-state index contributed by atoms with van der Waals surface area (Å²) in [6.45, 7) is 4.06. The zero-order valence-corrected chi connectivity index (χ0v) is 11.6. The van der Waals surface area contributed by atoms with Gasteiger partial charge in [0.2, 0.25) is 0 Å². The van der Waals surface area contributed by atoms with Gasteiger partial charge in [0.1, 0.15) is 11.9 Å². The Morgan fingerprint density at radius 1 is 1.26 bits per heavy atom. The van der Waals surface area contributed by atoms with Crippen molar-refractivity contribution < 1.29 is 9.84 Å². The van der Waals surface area contributed by atoms with Crippen molar-refractivity contribution in [2.45, 2.75) is 26.4 Å². The minimum absolute atomic E-state index is 0.687. The smallest absolute Gasteiger partial charge is 0.125 e. The highest BCUT2D eigenvalue weighted by molar-refractivity contribution is 5.44. The first-order valence-corrected chi connectivity index (χ1v) is 6.42. The average molecular weight is 257 g/mol. The number of nitrogens with zero attached hydrogens (tertiary/aromatic N) is 1. The molecule has 3 heteroatoms. The highest BCUT2D eigenvalue weighted by atomic mass is 16.5. The highest BCUT2D eigenvalue weighted by Gasteiger charge is 2.18. The number of aryl methyl sites for hydroxylation is 2. The van der Waals surface area contributed by atoms with Crippen LogP contribution in [-0.2, 0) is 6.42 Å². The van der Waals surface area contributed by atoms with Gasteiger partial charge in [-0.15, -0.1) is 0 Å². The van der Waals surface area contributed by atoms with Gasteiger partial charge < -0.3 is 9.84 Å². The zero-order chi connectivity index (χ0) is 13.8. The third kappa shape index (κ3) is 2.76. The van der Waals surface area contributed by atoms with E-state index in [1.807, 2.05) is 31.2 Å². The van der Waals surface area contributed by atoms with Crippen LogP contribution in [0.25, 0.3) is 0 Å². The van der Waals surface area contributed by atoms with Crippen LogP contribution in [0, 0.1) is 6.92 Å². The molecule has 19 heavy (non-hydrogen) atoms. The van der Waals surface area contributed by atoms with E-state index in [1.54, 1.807) is 19.5 Å². The number of rotatable bonds is 4. The van der Waals surface area contributed by atoms with Crippen LogP contribution in [0.4, 0.5) is 0 Å². The van der Waals surface area contributed by atoms with Gasteiger partial charge in [-0.3, -0.25) is 4.98 Å². The summed E-state index contributed by atoms with van der Waals surface area (Å²) in [6.07, 6.45) is 3.67. The normalized spacial score (nSPS) is 12.2. The van der Waals surface area contributed by atoms with Crippen LogP contribution in [0.2, 0.25) is 0 Å². The number of aliphatic hydroxyl groups is 1. The van der Waals surface area contributed by atoms with E-state index >= 15 is 0 Å². The van der Waals surface area contributed by atoms with Crippen molar-refractivity contribution >= 4 is 0 Å². The van der Waals surface area contributed by atoms with E-state index in [-0.39, 0.29) is 0 Å². The topological polar surface area (TPSA) is 42.4 Å². The lowest BCUT2D eigenvalue weighted by molar-refractivity contribution is 0.213. The molecule has 0 amide bonds. The van der Waals surface area contributed by atoms with Crippen LogP contribution in [0.1, 0.15) is 35.3 Å². The van der Waals surface area contributed by atoms with Gasteiger partial charge >= 0.3 is 0 Å². The minimum Gasteiger partial charge on any atom is -0.496 e. The lowest BCUT2D eigenvalue weighted by atomic mass is 9.95. The van der Waals surface area contributed by atoms with E-state index in [4.69, 9.17) is 4.74 Å². The predicted octanol–water partition coefficient (Wildman–Crippen LogP) is 3.04. The third-order valence-corrected chi connectivity index (χ3v) is 3.30. The summed E-state index contributed by atoms with van der Waals surface area (Å²) < 4.78 is 5.34. The van der Waals surface area contributed by atoms with Gasteiger partial charge in [0.05, 0.1) is 7.11 Å². The van der Waals surface area contributed by atoms with E-state index in [0.717, 1.165) is 28.7 Å². The van der Waals surface area contributed by atoms with Crippen LogP contribution in [0.3, 0.4) is 0 Å². The van der Waals surface area contributed by atoms with Gasteiger partial charge in [0.25, 0.3) is 0 Å². The standard InChI is InChI=1S/C16H19NO2/c1-4-12-10-17-8-7-13(12)16(18)14-9-11(2)5-6-15(14)19-3/h5-10,16,18H,4H2,1-3H3.